The van der Waals surface area contributed by atoms with E-state index in [9.17, 15) is 21.8 Å². The first kappa shape index (κ1) is 19.6. The molecule has 10 heteroatoms. The van der Waals surface area contributed by atoms with Crippen LogP contribution in [0.5, 0.6) is 0 Å². The average Bonchev–Trinajstić information content (AvgIpc) is 2.96. The molecule has 2 rings (SSSR count). The molecule has 1 aromatic heterocycles. The zero-order valence-electron chi connectivity index (χ0n) is 13.4. The topological polar surface area (TPSA) is 58.1 Å². The van der Waals surface area contributed by atoms with Crippen molar-refractivity contribution in [1.29, 1.82) is 0 Å². The summed E-state index contributed by atoms with van der Waals surface area (Å²) in [7, 11) is -1.78. The van der Waals surface area contributed by atoms with Crippen LogP contribution in [0.1, 0.15) is 37.7 Å². The minimum atomic E-state index is -4.63. The Labute approximate surface area is 148 Å². The second kappa shape index (κ2) is 6.87. The van der Waals surface area contributed by atoms with Gasteiger partial charge >= 0.3 is 6.18 Å². The maximum absolute atomic E-state index is 13.4. The van der Waals surface area contributed by atoms with Crippen molar-refractivity contribution >= 4 is 28.3 Å². The van der Waals surface area contributed by atoms with Crippen LogP contribution in [0.15, 0.2) is 28.7 Å². The number of hydrogen-bond donors (Lipinski definition) is 1. The van der Waals surface area contributed by atoms with Crippen LogP contribution in [0.4, 0.5) is 17.6 Å². The number of alkyl halides is 3. The van der Waals surface area contributed by atoms with Gasteiger partial charge in [-0.3, -0.25) is 5.10 Å². The number of nitrogens with one attached hydrogen (secondary N) is 1. The molecule has 25 heavy (non-hydrogen) atoms. The Balaban J connectivity index is 2.60. The highest BCUT2D eigenvalue weighted by Crippen LogP contribution is 2.29. The Morgan fingerprint density at radius 3 is 2.36 bits per heavy atom. The van der Waals surface area contributed by atoms with Crippen LogP contribution in [-0.2, 0) is 17.2 Å². The number of halogens is 5. The monoisotopic (exact) mass is 395 g/mol. The molecule has 0 aliphatic heterocycles. The van der Waals surface area contributed by atoms with E-state index in [0.29, 0.717) is 0 Å². The summed E-state index contributed by atoms with van der Waals surface area (Å²) < 4.78 is 67.4. The van der Waals surface area contributed by atoms with Crippen molar-refractivity contribution in [2.45, 2.75) is 31.7 Å². The largest absolute Gasteiger partial charge is 0.432 e. The lowest BCUT2D eigenvalue weighted by Crippen LogP contribution is -2.21. The van der Waals surface area contributed by atoms with E-state index in [-0.39, 0.29) is 22.0 Å². The number of aromatic amines is 1. The summed E-state index contributed by atoms with van der Waals surface area (Å²) in [6.45, 7) is 4.98. The third-order valence-electron chi connectivity index (χ3n) is 3.02. The minimum Gasteiger partial charge on any atom is -0.273 e. The van der Waals surface area contributed by atoms with Crippen LogP contribution in [0.3, 0.4) is 0 Å². The Bertz CT molecular complexity index is 840. The van der Waals surface area contributed by atoms with Gasteiger partial charge < -0.3 is 0 Å². The van der Waals surface area contributed by atoms with Crippen molar-refractivity contribution in [3.8, 4) is 0 Å². The van der Waals surface area contributed by atoms with Gasteiger partial charge in [-0.15, -0.1) is 0 Å². The van der Waals surface area contributed by atoms with Crippen molar-refractivity contribution in [2.24, 2.45) is 4.40 Å². The molecule has 0 aliphatic carbocycles. The number of benzene rings is 1. The number of H-pyrrole nitrogens is 1. The lowest BCUT2D eigenvalue weighted by Gasteiger charge is -2.15. The SMILES string of the molecule is CC(C)(C)[S@@](=O)N=C(c1ccc(F)c(Cl)c1)c1cc(C(F)(F)F)[nH]n1. The highest BCUT2D eigenvalue weighted by molar-refractivity contribution is 7.85. The Kier molecular flexibility index (Phi) is 5.38. The molecule has 1 N–H and O–H groups in total. The molecule has 0 saturated carbocycles. The Morgan fingerprint density at radius 2 is 1.88 bits per heavy atom. The summed E-state index contributed by atoms with van der Waals surface area (Å²) in [5.74, 6) is -0.695. The second-order valence-corrected chi connectivity index (χ2v) is 8.41. The third-order valence-corrected chi connectivity index (χ3v) is 4.70. The molecule has 0 aliphatic rings. The molecule has 1 aromatic carbocycles. The zero-order chi connectivity index (χ0) is 19.0. The van der Waals surface area contributed by atoms with E-state index in [1.54, 1.807) is 20.8 Å². The second-order valence-electron chi connectivity index (χ2n) is 6.09. The fourth-order valence-electron chi connectivity index (χ4n) is 1.70. The molecule has 0 radical (unpaired) electrons. The van der Waals surface area contributed by atoms with E-state index < -0.39 is 33.4 Å². The lowest BCUT2D eigenvalue weighted by molar-refractivity contribution is -0.141. The van der Waals surface area contributed by atoms with Gasteiger partial charge in [0, 0.05) is 5.56 Å². The number of rotatable bonds is 3. The lowest BCUT2D eigenvalue weighted by atomic mass is 10.1. The van der Waals surface area contributed by atoms with Crippen LogP contribution >= 0.6 is 11.6 Å². The van der Waals surface area contributed by atoms with Crippen LogP contribution in [0.2, 0.25) is 5.02 Å². The van der Waals surface area contributed by atoms with E-state index >= 15 is 0 Å². The van der Waals surface area contributed by atoms with Crippen molar-refractivity contribution < 1.29 is 21.8 Å². The van der Waals surface area contributed by atoms with Crippen molar-refractivity contribution in [1.82, 2.24) is 10.2 Å². The maximum Gasteiger partial charge on any atom is 0.432 e. The highest BCUT2D eigenvalue weighted by atomic mass is 35.5. The normalized spacial score (nSPS) is 14.6. The first-order valence-electron chi connectivity index (χ1n) is 6.98. The Hall–Kier alpha value is -1.74. The number of nitrogens with zero attached hydrogens (tertiary/aromatic N) is 2. The van der Waals surface area contributed by atoms with Gasteiger partial charge in [0.2, 0.25) is 0 Å². The molecule has 0 saturated heterocycles. The fraction of sp³-hybridized carbons (Fsp3) is 0.333. The van der Waals surface area contributed by atoms with E-state index in [4.69, 9.17) is 11.6 Å². The fourth-order valence-corrected chi connectivity index (χ4v) is 2.52. The van der Waals surface area contributed by atoms with Gasteiger partial charge in [-0.25, -0.2) is 8.60 Å². The van der Waals surface area contributed by atoms with Crippen LogP contribution in [0, 0.1) is 5.82 Å². The summed E-state index contributed by atoms with van der Waals surface area (Å²) in [4.78, 5) is 0. The van der Waals surface area contributed by atoms with Crippen molar-refractivity contribution in [2.75, 3.05) is 0 Å². The van der Waals surface area contributed by atoms with Crippen LogP contribution < -0.4 is 0 Å². The van der Waals surface area contributed by atoms with Gasteiger partial charge in [0.15, 0.2) is 0 Å². The van der Waals surface area contributed by atoms with Gasteiger partial charge in [0.1, 0.15) is 33.9 Å². The standard InChI is InChI=1S/C15H14ClF4N3OS/c1-14(2,3)25(24)23-13(8-4-5-10(17)9(16)6-8)11-7-12(22-21-11)15(18,19)20/h4-7H,1-3H3,(H,21,22)/t25-/m1/s1. The third kappa shape index (κ3) is 4.66. The molecular formula is C15H14ClF4N3OS. The molecule has 0 bridgehead atoms. The molecule has 136 valence electrons. The summed E-state index contributed by atoms with van der Waals surface area (Å²) in [6, 6.07) is 4.26. The molecule has 0 spiro atoms. The Morgan fingerprint density at radius 1 is 1.24 bits per heavy atom. The molecular weight excluding hydrogens is 382 g/mol. The summed E-state index contributed by atoms with van der Waals surface area (Å²) >= 11 is 5.74. The number of aromatic nitrogens is 2. The maximum atomic E-state index is 13.4. The van der Waals surface area contributed by atoms with Gasteiger partial charge in [-0.05, 0) is 45.0 Å². The van der Waals surface area contributed by atoms with E-state index in [1.165, 1.54) is 12.1 Å². The molecule has 0 unspecified atom stereocenters. The molecule has 0 amide bonds. The molecule has 1 atom stereocenters. The van der Waals surface area contributed by atoms with E-state index in [2.05, 4.69) is 9.50 Å². The van der Waals surface area contributed by atoms with Crippen LogP contribution in [0.25, 0.3) is 0 Å². The molecule has 4 nitrogen and oxygen atoms in total. The zero-order valence-corrected chi connectivity index (χ0v) is 15.0. The first-order chi connectivity index (χ1) is 11.4. The molecule has 1 heterocycles. The summed E-state index contributed by atoms with van der Waals surface area (Å²) in [5.41, 5.74) is -1.14. The van der Waals surface area contributed by atoms with Gasteiger partial charge in [0.05, 0.1) is 9.77 Å². The van der Waals surface area contributed by atoms with Gasteiger partial charge in [-0.1, -0.05) is 11.6 Å². The minimum absolute atomic E-state index is 0.0816. The van der Waals surface area contributed by atoms with Gasteiger partial charge in [0.25, 0.3) is 0 Å². The van der Waals surface area contributed by atoms with Crippen molar-refractivity contribution in [3.05, 3.63) is 52.1 Å². The van der Waals surface area contributed by atoms with Crippen molar-refractivity contribution in [3.63, 3.8) is 0 Å². The van der Waals surface area contributed by atoms with E-state index in [0.717, 1.165) is 12.1 Å². The quantitative estimate of drug-likeness (QED) is 0.613. The van der Waals surface area contributed by atoms with Gasteiger partial charge in [-0.2, -0.15) is 22.7 Å². The number of hydrogen-bond acceptors (Lipinski definition) is 2. The summed E-state index contributed by atoms with van der Waals surface area (Å²) in [5, 5.41) is 5.23. The van der Waals surface area contributed by atoms with Crippen LogP contribution in [-0.4, -0.2) is 24.9 Å². The summed E-state index contributed by atoms with van der Waals surface area (Å²) in [6.07, 6.45) is -4.63. The first-order valence-corrected chi connectivity index (χ1v) is 8.47. The predicted octanol–water partition coefficient (Wildman–Crippen LogP) is 4.52. The molecule has 0 fully saturated rings. The smallest absolute Gasteiger partial charge is 0.273 e. The molecule has 2 aromatic rings. The van der Waals surface area contributed by atoms with E-state index in [1.807, 2.05) is 5.10 Å². The highest BCUT2D eigenvalue weighted by Gasteiger charge is 2.34. The predicted molar refractivity (Wildman–Crippen MR) is 88.5 cm³/mol. The average molecular weight is 396 g/mol.